The summed E-state index contributed by atoms with van der Waals surface area (Å²) in [4.78, 5) is 0. The summed E-state index contributed by atoms with van der Waals surface area (Å²) in [6, 6.07) is 0. The maximum Gasteiger partial charge on any atom is 3.00 e. The smallest absolute Gasteiger partial charge is 0.663 e. The van der Waals surface area contributed by atoms with Crippen molar-refractivity contribution in [2.24, 2.45) is 0 Å². The molecule has 0 aliphatic heterocycles. The van der Waals surface area contributed by atoms with Gasteiger partial charge in [0.05, 0.1) is 0 Å². The summed E-state index contributed by atoms with van der Waals surface area (Å²) in [6.07, 6.45) is 0. The molecule has 4 nitrogen and oxygen atoms in total. The molecule has 1 radical (unpaired) electrons. The molecule has 0 spiro atoms. The molecule has 0 aromatic carbocycles. The van der Waals surface area contributed by atoms with E-state index in [1.165, 1.54) is 0 Å². The molecule has 0 fully saturated rings. The molecule has 0 aromatic heterocycles. The van der Waals surface area contributed by atoms with Crippen molar-refractivity contribution in [3.63, 3.8) is 0 Å². The van der Waals surface area contributed by atoms with E-state index < -0.39 is 0 Å². The van der Waals surface area contributed by atoms with Crippen LogP contribution in [-0.2, 0) is 21.7 Å². The molecule has 0 aliphatic carbocycles. The molecular weight excluding hydrogens is 262 g/mol. The van der Waals surface area contributed by atoms with Crippen LogP contribution in [0.5, 0.6) is 0 Å². The second-order valence-electron chi connectivity index (χ2n) is 2.57. The van der Waals surface area contributed by atoms with Crippen LogP contribution < -0.4 is 0 Å². The summed E-state index contributed by atoms with van der Waals surface area (Å²) in [5.41, 5.74) is 0. The Bertz CT molecular complexity index is 59.0. The zero-order valence-corrected chi connectivity index (χ0v) is 15.1. The first-order chi connectivity index (χ1) is 8.24. The average molecular weight is 296 g/mol. The molecule has 0 saturated carbocycles. The monoisotopic (exact) mass is 296 g/mol. The third kappa shape index (κ3) is 93.2. The predicted octanol–water partition coefficient (Wildman–Crippen LogP) is 3.81. The molecule has 0 saturated heterocycles. The average Bonchev–Trinajstić information content (AvgIpc) is 2.36. The van der Waals surface area contributed by atoms with E-state index in [-0.39, 0.29) is 21.7 Å². The topological polar surface area (TPSA) is 62.5 Å². The van der Waals surface area contributed by atoms with E-state index in [0.29, 0.717) is 0 Å². The number of hydrogen-bond acceptors (Lipinski definition) is 1. The molecule has 0 aliphatic rings. The summed E-state index contributed by atoms with van der Waals surface area (Å²) in [5.74, 6) is 0. The molecule has 0 bridgehead atoms. The summed E-state index contributed by atoms with van der Waals surface area (Å²) < 4.78 is 0. The third-order valence-electron chi connectivity index (χ3n) is 1.34. The fourth-order valence-electron chi connectivity index (χ4n) is 0.671. The largest absolute Gasteiger partial charge is 3.00 e. The van der Waals surface area contributed by atoms with Crippen molar-refractivity contribution in [2.45, 2.75) is 41.5 Å². The van der Waals surface area contributed by atoms with Crippen molar-refractivity contribution in [3.8, 4) is 0 Å². The Labute approximate surface area is 131 Å². The van der Waals surface area contributed by atoms with Crippen molar-refractivity contribution in [1.82, 2.24) is 0 Å². The van der Waals surface area contributed by atoms with Crippen LogP contribution >= 0.6 is 0 Å². The van der Waals surface area contributed by atoms with Crippen molar-refractivity contribution < 1.29 is 26.8 Å². The minimum atomic E-state index is 0. The molecule has 111 valence electrons. The van der Waals surface area contributed by atoms with Gasteiger partial charge in [0.1, 0.15) is 0 Å². The summed E-state index contributed by atoms with van der Waals surface area (Å²) in [6.45, 7) is 18.1. The second-order valence-corrected chi connectivity index (χ2v) is 2.57. The van der Waals surface area contributed by atoms with Gasteiger partial charge in [-0.25, -0.2) is 0 Å². The van der Waals surface area contributed by atoms with Crippen LogP contribution in [0.15, 0.2) is 0 Å². The molecule has 0 atom stereocenters. The summed E-state index contributed by atoms with van der Waals surface area (Å²) in [5, 5.41) is 18.9. The first kappa shape index (κ1) is 31.1. The Balaban J connectivity index is -0.0000000427. The van der Waals surface area contributed by atoms with Crippen LogP contribution in [-0.4, -0.2) is 51.5 Å². The normalized spacial score (nSPS) is 7.33. The van der Waals surface area contributed by atoms with Crippen LogP contribution in [0.4, 0.5) is 0 Å². The van der Waals surface area contributed by atoms with Crippen molar-refractivity contribution >= 4 is 0 Å². The summed E-state index contributed by atoms with van der Waals surface area (Å²) in [7, 11) is 1.00. The molecule has 0 amide bonds. The number of hydrogen-bond donors (Lipinski definition) is 1. The molecule has 0 aromatic rings. The van der Waals surface area contributed by atoms with Gasteiger partial charge in [0.15, 0.2) is 0 Å². The molecule has 0 unspecified atom stereocenters. The van der Waals surface area contributed by atoms with E-state index >= 15 is 0 Å². The molecular formula is C13H34N3OTi. The van der Waals surface area contributed by atoms with Gasteiger partial charge in [0.2, 0.25) is 0 Å². The number of aliphatic hydroxyl groups is 1. The predicted molar refractivity (Wildman–Crippen MR) is 81.5 cm³/mol. The first-order valence-electron chi connectivity index (χ1n) is 6.59. The van der Waals surface area contributed by atoms with Crippen molar-refractivity contribution in [1.29, 1.82) is 0 Å². The van der Waals surface area contributed by atoms with Crippen LogP contribution in [0.1, 0.15) is 41.5 Å². The standard InChI is InChI=1S/3C4H10N.CH4O.Ti/c3*1-3-5-4-2;1-2;/h3*3-4H2,1-2H3;2H,1H3;/q3*-1;;+3. The van der Waals surface area contributed by atoms with Gasteiger partial charge in [-0.2, -0.15) is 39.3 Å². The van der Waals surface area contributed by atoms with Gasteiger partial charge in [-0.05, 0) is 0 Å². The van der Waals surface area contributed by atoms with E-state index in [9.17, 15) is 0 Å². The Morgan fingerprint density at radius 2 is 0.611 bits per heavy atom. The second kappa shape index (κ2) is 52.7. The number of aliphatic hydroxyl groups excluding tert-OH is 1. The van der Waals surface area contributed by atoms with Crippen molar-refractivity contribution in [3.05, 3.63) is 16.0 Å². The molecule has 1 N–H and O–H groups in total. The minimum Gasteiger partial charge on any atom is -0.663 e. The van der Waals surface area contributed by atoms with Crippen LogP contribution in [0.25, 0.3) is 16.0 Å². The van der Waals surface area contributed by atoms with Gasteiger partial charge in [-0.15, -0.1) is 0 Å². The third-order valence-corrected chi connectivity index (χ3v) is 1.34. The van der Waals surface area contributed by atoms with Gasteiger partial charge in [0, 0.05) is 7.11 Å². The maximum atomic E-state index is 7.00. The van der Waals surface area contributed by atoms with E-state index in [1.54, 1.807) is 0 Å². The molecule has 0 heterocycles. The maximum absolute atomic E-state index is 7.00. The van der Waals surface area contributed by atoms with E-state index in [4.69, 9.17) is 5.11 Å². The van der Waals surface area contributed by atoms with Gasteiger partial charge >= 0.3 is 21.7 Å². The van der Waals surface area contributed by atoms with Crippen LogP contribution in [0.2, 0.25) is 0 Å². The van der Waals surface area contributed by atoms with Crippen LogP contribution in [0, 0.1) is 0 Å². The van der Waals surface area contributed by atoms with Crippen molar-refractivity contribution in [2.75, 3.05) is 46.4 Å². The number of rotatable bonds is 6. The molecule has 0 rings (SSSR count). The van der Waals surface area contributed by atoms with Gasteiger partial charge in [-0.1, -0.05) is 41.5 Å². The zero-order valence-electron chi connectivity index (χ0n) is 13.5. The fraction of sp³-hybridized carbons (Fsp3) is 1.00. The quantitative estimate of drug-likeness (QED) is 0.744. The van der Waals surface area contributed by atoms with Gasteiger partial charge < -0.3 is 21.1 Å². The van der Waals surface area contributed by atoms with Gasteiger partial charge in [-0.3, -0.25) is 0 Å². The number of nitrogens with zero attached hydrogens (tertiary/aromatic N) is 3. The van der Waals surface area contributed by atoms with E-state index in [0.717, 1.165) is 46.4 Å². The van der Waals surface area contributed by atoms with E-state index in [1.807, 2.05) is 41.5 Å². The molecule has 5 heteroatoms. The Hall–Kier alpha value is 0.554. The SMILES string of the molecule is CC[N-]CC.CC[N-]CC.CC[N-]CC.CO.[Ti+3]. The Kier molecular flexibility index (Phi) is 91.1. The Morgan fingerprint density at radius 3 is 0.611 bits per heavy atom. The zero-order chi connectivity index (χ0) is 14.4. The van der Waals surface area contributed by atoms with Gasteiger partial charge in [0.25, 0.3) is 0 Å². The van der Waals surface area contributed by atoms with Crippen LogP contribution in [0.3, 0.4) is 0 Å². The summed E-state index contributed by atoms with van der Waals surface area (Å²) >= 11 is 0. The minimum absolute atomic E-state index is 0. The first-order valence-corrected chi connectivity index (χ1v) is 6.59. The fourth-order valence-corrected chi connectivity index (χ4v) is 0.671. The molecule has 18 heavy (non-hydrogen) atoms. The van der Waals surface area contributed by atoms with E-state index in [2.05, 4.69) is 16.0 Å². The Morgan fingerprint density at radius 1 is 0.500 bits per heavy atom.